The van der Waals surface area contributed by atoms with E-state index in [1.54, 1.807) is 12.4 Å². The van der Waals surface area contributed by atoms with E-state index in [1.807, 2.05) is 36.4 Å². The number of aromatic nitrogens is 2. The van der Waals surface area contributed by atoms with Crippen LogP contribution >= 0.6 is 0 Å². The van der Waals surface area contributed by atoms with Crippen LogP contribution in [0.5, 0.6) is 0 Å². The Morgan fingerprint density at radius 2 is 1.32 bits per heavy atom. The van der Waals surface area contributed by atoms with Crippen LogP contribution in [0, 0.1) is 6.07 Å². The highest BCUT2D eigenvalue weighted by atomic mass is 16.3. The molecule has 0 saturated heterocycles. The number of nitrogens with zero attached hydrogens (tertiary/aromatic N) is 2. The van der Waals surface area contributed by atoms with Crippen LogP contribution in [-0.2, 0) is 0 Å². The fourth-order valence-corrected chi connectivity index (χ4v) is 3.12. The topological polar surface area (TPSA) is 38.9 Å². The molecule has 117 valence electrons. The first kappa shape index (κ1) is 13.9. The van der Waals surface area contributed by atoms with Crippen molar-refractivity contribution in [1.29, 1.82) is 0 Å². The summed E-state index contributed by atoms with van der Waals surface area (Å²) in [6, 6.07) is 25.2. The van der Waals surface area contributed by atoms with E-state index in [2.05, 4.69) is 46.4 Å². The first-order chi connectivity index (χ1) is 12.4. The highest BCUT2D eigenvalue weighted by molar-refractivity contribution is 6.07. The Labute approximate surface area is 144 Å². The standard InChI is InChI=1S/C22H13N2O/c1-2-5-15(6-3-1)16-7-9-20-18(13-16)19-14-17(8-10-21(19)25-20)22-23-11-4-12-24-22/h2-14H. The second-order valence-corrected chi connectivity index (χ2v) is 5.89. The normalized spacial score (nSPS) is 11.2. The van der Waals surface area contributed by atoms with E-state index in [1.165, 1.54) is 0 Å². The fraction of sp³-hybridized carbons (Fsp3) is 0. The molecule has 3 heteroatoms. The van der Waals surface area contributed by atoms with E-state index in [4.69, 9.17) is 4.42 Å². The second-order valence-electron chi connectivity index (χ2n) is 5.89. The van der Waals surface area contributed by atoms with Gasteiger partial charge >= 0.3 is 0 Å². The third-order valence-electron chi connectivity index (χ3n) is 4.34. The maximum Gasteiger partial charge on any atom is 0.159 e. The van der Waals surface area contributed by atoms with Gasteiger partial charge in [-0.05, 0) is 53.6 Å². The number of hydrogen-bond acceptors (Lipinski definition) is 3. The number of benzene rings is 3. The molecule has 0 fully saturated rings. The van der Waals surface area contributed by atoms with E-state index in [-0.39, 0.29) is 0 Å². The molecule has 2 heterocycles. The maximum absolute atomic E-state index is 5.99. The van der Waals surface area contributed by atoms with Gasteiger partial charge in [-0.15, -0.1) is 0 Å². The molecule has 0 unspecified atom stereocenters. The van der Waals surface area contributed by atoms with Crippen LogP contribution in [0.4, 0.5) is 0 Å². The lowest BCUT2D eigenvalue weighted by atomic mass is 10.0. The van der Waals surface area contributed by atoms with Gasteiger partial charge in [0.25, 0.3) is 0 Å². The molecule has 3 aromatic carbocycles. The molecule has 0 aliphatic rings. The van der Waals surface area contributed by atoms with Crippen molar-refractivity contribution in [2.75, 3.05) is 0 Å². The smallest absolute Gasteiger partial charge is 0.159 e. The Hall–Kier alpha value is -3.46. The predicted molar refractivity (Wildman–Crippen MR) is 99.0 cm³/mol. The average molecular weight is 321 g/mol. The zero-order valence-corrected chi connectivity index (χ0v) is 13.3. The number of hydrogen-bond donors (Lipinski definition) is 0. The van der Waals surface area contributed by atoms with Crippen LogP contribution in [0.3, 0.4) is 0 Å². The van der Waals surface area contributed by atoms with E-state index in [9.17, 15) is 0 Å². The summed E-state index contributed by atoms with van der Waals surface area (Å²) in [5.41, 5.74) is 5.05. The van der Waals surface area contributed by atoms with Gasteiger partial charge in [-0.1, -0.05) is 30.3 Å². The zero-order chi connectivity index (χ0) is 16.6. The molecule has 1 radical (unpaired) electrons. The van der Waals surface area contributed by atoms with Crippen LogP contribution in [0.25, 0.3) is 44.5 Å². The lowest BCUT2D eigenvalue weighted by Crippen LogP contribution is -1.85. The van der Waals surface area contributed by atoms with Crippen LogP contribution in [0.2, 0.25) is 0 Å². The molecule has 25 heavy (non-hydrogen) atoms. The number of rotatable bonds is 2. The Morgan fingerprint density at radius 3 is 2.04 bits per heavy atom. The van der Waals surface area contributed by atoms with Crippen molar-refractivity contribution in [2.45, 2.75) is 0 Å². The van der Waals surface area contributed by atoms with Gasteiger partial charge in [-0.2, -0.15) is 0 Å². The number of fused-ring (bicyclic) bond motifs is 3. The van der Waals surface area contributed by atoms with E-state index >= 15 is 0 Å². The van der Waals surface area contributed by atoms with Gasteiger partial charge in [0.1, 0.15) is 11.2 Å². The quantitative estimate of drug-likeness (QED) is 0.430. The van der Waals surface area contributed by atoms with Gasteiger partial charge in [0.2, 0.25) is 0 Å². The molecule has 0 N–H and O–H groups in total. The average Bonchev–Trinajstić information content (AvgIpc) is 3.06. The fourth-order valence-electron chi connectivity index (χ4n) is 3.12. The van der Waals surface area contributed by atoms with Crippen molar-refractivity contribution in [3.05, 3.63) is 85.2 Å². The van der Waals surface area contributed by atoms with Gasteiger partial charge in [0, 0.05) is 28.7 Å². The molecular formula is C22H13N2O. The minimum Gasteiger partial charge on any atom is -0.456 e. The minimum atomic E-state index is 0.716. The molecule has 0 aliphatic heterocycles. The van der Waals surface area contributed by atoms with Gasteiger partial charge in [0.05, 0.1) is 0 Å². The van der Waals surface area contributed by atoms with Crippen LogP contribution in [0.15, 0.2) is 83.5 Å². The summed E-state index contributed by atoms with van der Waals surface area (Å²) in [5.74, 6) is 0.716. The summed E-state index contributed by atoms with van der Waals surface area (Å²) in [6.07, 6.45) is 3.51. The van der Waals surface area contributed by atoms with E-state index < -0.39 is 0 Å². The Morgan fingerprint density at radius 1 is 0.680 bits per heavy atom. The van der Waals surface area contributed by atoms with E-state index in [0.717, 1.165) is 38.6 Å². The van der Waals surface area contributed by atoms with Crippen molar-refractivity contribution in [2.24, 2.45) is 0 Å². The lowest BCUT2D eigenvalue weighted by molar-refractivity contribution is 0.669. The van der Waals surface area contributed by atoms with Crippen molar-refractivity contribution in [1.82, 2.24) is 9.97 Å². The molecule has 5 rings (SSSR count). The summed E-state index contributed by atoms with van der Waals surface area (Å²) < 4.78 is 5.99. The van der Waals surface area contributed by atoms with Crippen molar-refractivity contribution >= 4 is 21.9 Å². The van der Waals surface area contributed by atoms with Gasteiger partial charge in [-0.25, -0.2) is 9.97 Å². The molecule has 0 amide bonds. The van der Waals surface area contributed by atoms with E-state index in [0.29, 0.717) is 5.82 Å². The van der Waals surface area contributed by atoms with Crippen molar-refractivity contribution < 1.29 is 4.42 Å². The Balaban J connectivity index is 1.73. The highest BCUT2D eigenvalue weighted by Gasteiger charge is 2.10. The summed E-state index contributed by atoms with van der Waals surface area (Å²) in [5, 5.41) is 2.17. The van der Waals surface area contributed by atoms with Crippen LogP contribution < -0.4 is 0 Å². The summed E-state index contributed by atoms with van der Waals surface area (Å²) in [4.78, 5) is 8.68. The largest absolute Gasteiger partial charge is 0.456 e. The molecular weight excluding hydrogens is 308 g/mol. The molecule has 3 nitrogen and oxygen atoms in total. The maximum atomic E-state index is 5.99. The number of furan rings is 1. The molecule has 0 bridgehead atoms. The Kier molecular flexibility index (Phi) is 3.10. The molecule has 0 aliphatic carbocycles. The van der Waals surface area contributed by atoms with Crippen molar-refractivity contribution in [3.8, 4) is 22.5 Å². The third kappa shape index (κ3) is 2.37. The molecule has 0 saturated carbocycles. The van der Waals surface area contributed by atoms with Crippen LogP contribution in [0.1, 0.15) is 0 Å². The highest BCUT2D eigenvalue weighted by Crippen LogP contribution is 2.34. The van der Waals surface area contributed by atoms with Gasteiger partial charge in [-0.3, -0.25) is 0 Å². The molecule has 5 aromatic rings. The zero-order valence-electron chi connectivity index (χ0n) is 13.3. The van der Waals surface area contributed by atoms with Gasteiger partial charge in [0.15, 0.2) is 5.82 Å². The SMILES string of the molecule is [c]1ccc(-c2ccc3oc4ccc(-c5ncccn5)cc4c3c2)cc1. The third-order valence-corrected chi connectivity index (χ3v) is 4.34. The lowest BCUT2D eigenvalue weighted by Gasteiger charge is -2.01. The minimum absolute atomic E-state index is 0.716. The molecule has 0 spiro atoms. The monoisotopic (exact) mass is 321 g/mol. The summed E-state index contributed by atoms with van der Waals surface area (Å²) in [7, 11) is 0. The first-order valence-electron chi connectivity index (χ1n) is 8.09. The van der Waals surface area contributed by atoms with Gasteiger partial charge < -0.3 is 4.42 Å². The molecule has 0 atom stereocenters. The summed E-state index contributed by atoms with van der Waals surface area (Å²) >= 11 is 0. The van der Waals surface area contributed by atoms with Crippen LogP contribution in [-0.4, -0.2) is 9.97 Å². The second kappa shape index (κ2) is 5.56. The van der Waals surface area contributed by atoms with Crippen molar-refractivity contribution in [3.63, 3.8) is 0 Å². The predicted octanol–water partition coefficient (Wildman–Crippen LogP) is 5.51. The summed E-state index contributed by atoms with van der Waals surface area (Å²) in [6.45, 7) is 0. The Bertz CT molecular complexity index is 1080. The molecule has 2 aromatic heterocycles. The first-order valence-corrected chi connectivity index (χ1v) is 8.09.